The van der Waals surface area contributed by atoms with E-state index in [2.05, 4.69) is 20.0 Å². The van der Waals surface area contributed by atoms with Gasteiger partial charge in [-0.2, -0.15) is 4.99 Å². The lowest BCUT2D eigenvalue weighted by atomic mass is 10.00. The first kappa shape index (κ1) is 20.1. The highest BCUT2D eigenvalue weighted by Crippen LogP contribution is 2.23. The predicted molar refractivity (Wildman–Crippen MR) is 118 cm³/mol. The molecule has 0 aliphatic carbocycles. The van der Waals surface area contributed by atoms with Gasteiger partial charge in [-0.05, 0) is 35.4 Å². The third-order valence-electron chi connectivity index (χ3n) is 4.91. The van der Waals surface area contributed by atoms with Crippen molar-refractivity contribution in [1.82, 2.24) is 9.55 Å². The lowest BCUT2D eigenvalue weighted by Gasteiger charge is -2.07. The summed E-state index contributed by atoms with van der Waals surface area (Å²) in [6, 6.07) is 14.5. The maximum absolute atomic E-state index is 11.7. The molecule has 0 bridgehead atoms. The Labute approximate surface area is 177 Å². The number of aromatic amines is 1. The summed E-state index contributed by atoms with van der Waals surface area (Å²) in [7, 11) is 3.05. The zero-order chi connectivity index (χ0) is 22.0. The molecule has 9 heteroatoms. The zero-order valence-corrected chi connectivity index (χ0v) is 17.0. The number of nitrogens with one attached hydrogen (secondary N) is 1. The molecule has 0 unspecified atom stereocenters. The molecule has 1 aromatic heterocycles. The number of phenolic OH excluding ortho intramolecular Hbond substituents is 1. The summed E-state index contributed by atoms with van der Waals surface area (Å²) in [5, 5.41) is 19.6. The van der Waals surface area contributed by atoms with Crippen molar-refractivity contribution in [2.24, 2.45) is 22.0 Å². The van der Waals surface area contributed by atoms with Gasteiger partial charge in [0, 0.05) is 19.9 Å². The Balaban J connectivity index is 1.67. The van der Waals surface area contributed by atoms with E-state index in [0.29, 0.717) is 12.8 Å². The van der Waals surface area contributed by atoms with Crippen LogP contribution in [-0.4, -0.2) is 44.3 Å². The second-order valence-corrected chi connectivity index (χ2v) is 7.06. The number of aromatic nitrogens is 2. The minimum absolute atomic E-state index is 0.00433. The molecule has 0 radical (unpaired) electrons. The molecule has 158 valence electrons. The third-order valence-corrected chi connectivity index (χ3v) is 4.91. The monoisotopic (exact) mass is 419 g/mol. The molecule has 31 heavy (non-hydrogen) atoms. The second kappa shape index (κ2) is 8.31. The number of hydrogen-bond donors (Lipinski definition) is 3. The number of aromatic hydroxyl groups is 2. The summed E-state index contributed by atoms with van der Waals surface area (Å²) in [4.78, 5) is 27.5. The van der Waals surface area contributed by atoms with Gasteiger partial charge >= 0.3 is 5.69 Å². The van der Waals surface area contributed by atoms with Gasteiger partial charge in [0.15, 0.2) is 5.82 Å². The van der Waals surface area contributed by atoms with Crippen molar-refractivity contribution in [1.29, 1.82) is 0 Å². The number of phenols is 1. The highest BCUT2D eigenvalue weighted by molar-refractivity contribution is 6.48. The summed E-state index contributed by atoms with van der Waals surface area (Å²) in [6.07, 6.45) is 1.02. The van der Waals surface area contributed by atoms with E-state index in [9.17, 15) is 15.0 Å². The summed E-state index contributed by atoms with van der Waals surface area (Å²) in [5.74, 6) is 0.821. The van der Waals surface area contributed by atoms with Crippen LogP contribution < -0.4 is 10.4 Å². The number of hydrogen-bond acceptors (Lipinski definition) is 5. The number of nitrogens with zero attached hydrogens (tertiary/aromatic N) is 4. The van der Waals surface area contributed by atoms with Crippen LogP contribution in [0, 0.1) is 0 Å². The Morgan fingerprint density at radius 3 is 2.00 bits per heavy atom. The number of ether oxygens (including phenoxy) is 1. The van der Waals surface area contributed by atoms with Crippen molar-refractivity contribution < 1.29 is 14.9 Å². The van der Waals surface area contributed by atoms with E-state index in [1.54, 1.807) is 19.2 Å². The average Bonchev–Trinajstić information content (AvgIpc) is 3.25. The molecule has 4 rings (SSSR count). The Hall–Kier alpha value is -4.14. The fourth-order valence-electron chi connectivity index (χ4n) is 3.15. The van der Waals surface area contributed by atoms with Crippen LogP contribution in [0.15, 0.2) is 68.3 Å². The molecule has 9 nitrogen and oxygen atoms in total. The molecular formula is C22H21N5O4. The van der Waals surface area contributed by atoms with Gasteiger partial charge < -0.3 is 14.9 Å². The molecule has 2 heterocycles. The van der Waals surface area contributed by atoms with E-state index in [4.69, 9.17) is 4.74 Å². The maximum Gasteiger partial charge on any atom is 0.329 e. The van der Waals surface area contributed by atoms with E-state index in [-0.39, 0.29) is 23.4 Å². The van der Waals surface area contributed by atoms with Gasteiger partial charge in [-0.15, -0.1) is 0 Å². The van der Waals surface area contributed by atoms with E-state index in [1.807, 2.05) is 36.4 Å². The van der Waals surface area contributed by atoms with E-state index >= 15 is 0 Å². The lowest BCUT2D eigenvalue weighted by molar-refractivity contribution is 0.414. The fourth-order valence-corrected chi connectivity index (χ4v) is 3.15. The van der Waals surface area contributed by atoms with E-state index in [1.165, 1.54) is 7.05 Å². The number of aliphatic imine (C=N–C) groups is 3. The normalized spacial score (nSPS) is 14.6. The van der Waals surface area contributed by atoms with Gasteiger partial charge in [-0.3, -0.25) is 9.55 Å². The quantitative estimate of drug-likeness (QED) is 0.568. The van der Waals surface area contributed by atoms with Gasteiger partial charge in [0.2, 0.25) is 5.88 Å². The molecule has 0 amide bonds. The van der Waals surface area contributed by atoms with Crippen molar-refractivity contribution in [3.8, 4) is 17.4 Å². The van der Waals surface area contributed by atoms with Gasteiger partial charge in [0.25, 0.3) is 5.96 Å². The van der Waals surface area contributed by atoms with Crippen LogP contribution in [0.2, 0.25) is 0 Å². The molecule has 2 aromatic carbocycles. The van der Waals surface area contributed by atoms with Crippen LogP contribution in [0.4, 0.5) is 5.82 Å². The first-order chi connectivity index (χ1) is 14.9. The van der Waals surface area contributed by atoms with Crippen molar-refractivity contribution in [3.63, 3.8) is 0 Å². The van der Waals surface area contributed by atoms with Crippen molar-refractivity contribution in [2.75, 3.05) is 7.11 Å². The molecule has 0 saturated heterocycles. The standard InChI is InChI=1S/C22H21N5O4/c1-27-20(29)19(26-22(27)30)25-21-23-17(11-13-3-7-15(28)8-4-13)18(24-21)12-14-5-9-16(31-2)10-6-14/h3-10,28-29H,11-12H2,1-2H3,(H,26,30)/b25-21-. The van der Waals surface area contributed by atoms with Gasteiger partial charge in [-0.25, -0.2) is 14.8 Å². The van der Waals surface area contributed by atoms with Crippen LogP contribution in [-0.2, 0) is 19.9 Å². The molecule has 0 spiro atoms. The van der Waals surface area contributed by atoms with Gasteiger partial charge in [0.1, 0.15) is 11.5 Å². The SMILES string of the molecule is COc1ccc(CC2=N/C(=N\c3[nH]c(=O)n(C)c3O)N=C2Cc2ccc(O)cc2)cc1. The van der Waals surface area contributed by atoms with Crippen LogP contribution in [0.25, 0.3) is 0 Å². The Morgan fingerprint density at radius 1 is 0.968 bits per heavy atom. The first-order valence-corrected chi connectivity index (χ1v) is 9.56. The van der Waals surface area contributed by atoms with Gasteiger partial charge in [0.05, 0.1) is 18.5 Å². The number of rotatable bonds is 6. The third kappa shape index (κ3) is 4.40. The molecule has 1 aliphatic heterocycles. The van der Waals surface area contributed by atoms with Crippen molar-refractivity contribution in [2.45, 2.75) is 12.8 Å². The second-order valence-electron chi connectivity index (χ2n) is 7.06. The molecule has 0 saturated carbocycles. The summed E-state index contributed by atoms with van der Waals surface area (Å²) in [5.41, 5.74) is 2.95. The first-order valence-electron chi connectivity index (χ1n) is 9.56. The minimum Gasteiger partial charge on any atom is -0.508 e. The van der Waals surface area contributed by atoms with Crippen molar-refractivity contribution >= 4 is 23.2 Å². The topological polar surface area (TPSA) is 125 Å². The number of H-pyrrole nitrogens is 1. The molecule has 3 N–H and O–H groups in total. The number of benzene rings is 2. The lowest BCUT2D eigenvalue weighted by Crippen LogP contribution is -2.16. The highest BCUT2D eigenvalue weighted by Gasteiger charge is 2.20. The maximum atomic E-state index is 11.7. The molecule has 0 atom stereocenters. The Bertz CT molecular complexity index is 1250. The smallest absolute Gasteiger partial charge is 0.329 e. The van der Waals surface area contributed by atoms with Gasteiger partial charge in [-0.1, -0.05) is 24.3 Å². The van der Waals surface area contributed by atoms with Crippen LogP contribution in [0.1, 0.15) is 11.1 Å². The highest BCUT2D eigenvalue weighted by atomic mass is 16.5. The van der Waals surface area contributed by atoms with Crippen LogP contribution in [0.5, 0.6) is 17.4 Å². The van der Waals surface area contributed by atoms with Crippen LogP contribution >= 0.6 is 0 Å². The number of guanidine groups is 1. The number of methoxy groups -OCH3 is 1. The molecular weight excluding hydrogens is 398 g/mol. The summed E-state index contributed by atoms with van der Waals surface area (Å²) >= 11 is 0. The predicted octanol–water partition coefficient (Wildman–Crippen LogP) is 2.50. The minimum atomic E-state index is -0.481. The summed E-state index contributed by atoms with van der Waals surface area (Å²) in [6.45, 7) is 0. The zero-order valence-electron chi connectivity index (χ0n) is 17.0. The average molecular weight is 419 g/mol. The summed E-state index contributed by atoms with van der Waals surface area (Å²) < 4.78 is 6.26. The fraction of sp³-hybridized carbons (Fsp3) is 0.182. The van der Waals surface area contributed by atoms with E-state index in [0.717, 1.165) is 32.9 Å². The molecule has 3 aromatic rings. The number of imidazole rings is 1. The van der Waals surface area contributed by atoms with Crippen molar-refractivity contribution in [3.05, 3.63) is 70.1 Å². The largest absolute Gasteiger partial charge is 0.508 e. The van der Waals surface area contributed by atoms with Crippen LogP contribution in [0.3, 0.4) is 0 Å². The molecule has 1 aliphatic rings. The molecule has 0 fully saturated rings. The van der Waals surface area contributed by atoms with E-state index < -0.39 is 5.69 Å². The Morgan fingerprint density at radius 2 is 1.52 bits per heavy atom. The Kier molecular flexibility index (Phi) is 5.40.